The molecule has 6 N–H and O–H groups in total. The van der Waals surface area contributed by atoms with Gasteiger partial charge >= 0.3 is 11.9 Å². The molecular formula is C11H25Cl3N2O6S2. The lowest BCUT2D eigenvalue weighted by atomic mass is 10.4. The van der Waals surface area contributed by atoms with Crippen LogP contribution in [-0.2, 0) is 19.2 Å². The topological polar surface area (TPSA) is 161 Å². The van der Waals surface area contributed by atoms with Gasteiger partial charge in [0.2, 0.25) is 5.24 Å². The Labute approximate surface area is 168 Å². The molecule has 0 aliphatic rings. The summed E-state index contributed by atoms with van der Waals surface area (Å²) >= 11 is 9.21. The van der Waals surface area contributed by atoms with Crippen LogP contribution < -0.4 is 11.5 Å². The molecule has 0 aliphatic heterocycles. The van der Waals surface area contributed by atoms with E-state index in [1.54, 1.807) is 0 Å². The first-order valence-corrected chi connectivity index (χ1v) is 7.32. The molecule has 0 rings (SSSR count). The normalized spacial score (nSPS) is 10.2. The summed E-state index contributed by atoms with van der Waals surface area (Å²) in [6.45, 7) is 2.67. The third-order valence-electron chi connectivity index (χ3n) is 1.30. The third-order valence-corrected chi connectivity index (χ3v) is 2.62. The highest BCUT2D eigenvalue weighted by molar-refractivity contribution is 8.13. The maximum absolute atomic E-state index is 10.3. The first-order valence-electron chi connectivity index (χ1n) is 5.32. The molecule has 0 radical (unpaired) electrons. The molecule has 2 unspecified atom stereocenters. The molecule has 0 aliphatic carbocycles. The van der Waals surface area contributed by atoms with E-state index in [0.29, 0.717) is 0 Å². The lowest BCUT2D eigenvalue weighted by Crippen LogP contribution is -2.32. The van der Waals surface area contributed by atoms with E-state index >= 15 is 0 Å². The van der Waals surface area contributed by atoms with Gasteiger partial charge in [-0.2, -0.15) is 12.6 Å². The summed E-state index contributed by atoms with van der Waals surface area (Å²) in [5.41, 5.74) is 10.0. The number of hydrogen-bond donors (Lipinski definition) is 5. The zero-order chi connectivity index (χ0) is 17.6. The second-order valence-electron chi connectivity index (χ2n) is 3.34. The molecule has 0 fully saturated rings. The van der Waals surface area contributed by atoms with Crippen LogP contribution >= 0.6 is 60.8 Å². The van der Waals surface area contributed by atoms with Crippen LogP contribution in [0.3, 0.4) is 0 Å². The quantitative estimate of drug-likeness (QED) is 0.306. The standard InChI is InChI=1S/C5H9NO3S.C3H7NO2S.C2H3ClO.CH4.2ClH/c1-3(7)10-2-4(6)5(8)9;4-2(1-7)3(5)6;1-2(3)4;;;/h4H,2,6H2,1H3,(H,8,9);2,7H,1,4H2,(H,5,6);1H3;1H4;2*1H. The highest BCUT2D eigenvalue weighted by atomic mass is 35.5. The molecule has 0 saturated heterocycles. The van der Waals surface area contributed by atoms with Gasteiger partial charge in [0.05, 0.1) is 0 Å². The van der Waals surface area contributed by atoms with Crippen molar-refractivity contribution in [3.8, 4) is 0 Å². The predicted octanol–water partition coefficient (Wildman–Crippen LogP) is 1.26. The van der Waals surface area contributed by atoms with Crippen molar-refractivity contribution in [2.24, 2.45) is 11.5 Å². The highest BCUT2D eigenvalue weighted by Crippen LogP contribution is 2.01. The molecule has 0 bridgehead atoms. The van der Waals surface area contributed by atoms with Crippen LogP contribution in [0.2, 0.25) is 0 Å². The molecule has 0 aromatic rings. The van der Waals surface area contributed by atoms with Gasteiger partial charge in [-0.3, -0.25) is 19.2 Å². The zero-order valence-corrected chi connectivity index (χ0v) is 16.4. The fourth-order valence-corrected chi connectivity index (χ4v) is 1.07. The van der Waals surface area contributed by atoms with Gasteiger partial charge in [0, 0.05) is 25.4 Å². The molecule has 148 valence electrons. The number of carboxylic acid groups (broad SMARTS) is 2. The summed E-state index contributed by atoms with van der Waals surface area (Å²) in [7, 11) is 0. The van der Waals surface area contributed by atoms with Crippen LogP contribution in [-0.4, -0.2) is 56.1 Å². The minimum atomic E-state index is -1.08. The van der Waals surface area contributed by atoms with Crippen LogP contribution in [0.4, 0.5) is 0 Å². The van der Waals surface area contributed by atoms with Gasteiger partial charge in [0.15, 0.2) is 5.12 Å². The van der Waals surface area contributed by atoms with Gasteiger partial charge in [-0.1, -0.05) is 19.2 Å². The van der Waals surface area contributed by atoms with E-state index in [1.165, 1.54) is 13.8 Å². The number of hydrogen-bond acceptors (Lipinski definition) is 8. The van der Waals surface area contributed by atoms with Gasteiger partial charge in [-0.05, 0) is 11.6 Å². The molecule has 0 aromatic carbocycles. The van der Waals surface area contributed by atoms with Gasteiger partial charge in [0.25, 0.3) is 0 Å². The second-order valence-corrected chi connectivity index (χ2v) is 5.44. The van der Waals surface area contributed by atoms with Crippen molar-refractivity contribution >= 4 is 83.1 Å². The number of thiol groups is 1. The molecular weight excluding hydrogens is 427 g/mol. The Morgan fingerprint density at radius 2 is 1.33 bits per heavy atom. The fraction of sp³-hybridized carbons (Fsp3) is 0.636. The average molecular weight is 452 g/mol. The number of carbonyl (C=O) groups excluding carboxylic acids is 2. The number of rotatable bonds is 5. The molecule has 24 heavy (non-hydrogen) atoms. The Morgan fingerprint density at radius 3 is 1.46 bits per heavy atom. The van der Waals surface area contributed by atoms with E-state index < -0.39 is 24.0 Å². The Kier molecular flexibility index (Phi) is 40.7. The van der Waals surface area contributed by atoms with Crippen LogP contribution in [0.5, 0.6) is 0 Å². The molecule has 13 heteroatoms. The van der Waals surface area contributed by atoms with Gasteiger partial charge in [-0.25, -0.2) is 0 Å². The average Bonchev–Trinajstić information content (AvgIpc) is 2.34. The molecule has 0 heterocycles. The molecule has 0 spiro atoms. The number of carbonyl (C=O) groups is 4. The smallest absolute Gasteiger partial charge is 0.321 e. The van der Waals surface area contributed by atoms with E-state index in [4.69, 9.17) is 21.7 Å². The van der Waals surface area contributed by atoms with Gasteiger partial charge in [-0.15, -0.1) is 24.8 Å². The first-order chi connectivity index (χ1) is 9.45. The summed E-state index contributed by atoms with van der Waals surface area (Å²) in [5.74, 6) is -1.75. The third kappa shape index (κ3) is 43.0. The summed E-state index contributed by atoms with van der Waals surface area (Å²) in [4.78, 5) is 39.3. The van der Waals surface area contributed by atoms with Gasteiger partial charge < -0.3 is 21.7 Å². The summed E-state index contributed by atoms with van der Waals surface area (Å²) < 4.78 is 0. The number of aliphatic carboxylic acids is 2. The SMILES string of the molecule is C.CC(=O)Cl.CC(=O)SCC(N)C(=O)O.Cl.Cl.NC(CS)C(=O)O. The van der Waals surface area contributed by atoms with Crippen molar-refractivity contribution in [1.82, 2.24) is 0 Å². The van der Waals surface area contributed by atoms with E-state index in [1.807, 2.05) is 0 Å². The highest BCUT2D eigenvalue weighted by Gasteiger charge is 2.11. The van der Waals surface area contributed by atoms with Crippen LogP contribution in [0, 0.1) is 0 Å². The monoisotopic (exact) mass is 450 g/mol. The van der Waals surface area contributed by atoms with Crippen molar-refractivity contribution in [1.29, 1.82) is 0 Å². The first kappa shape index (κ1) is 39.0. The number of carboxylic acids is 2. The number of halogens is 3. The summed E-state index contributed by atoms with van der Waals surface area (Å²) in [6.07, 6.45) is 0. The molecule has 2 atom stereocenters. The van der Waals surface area contributed by atoms with Crippen molar-refractivity contribution in [2.75, 3.05) is 11.5 Å². The van der Waals surface area contributed by atoms with E-state index in [0.717, 1.165) is 11.8 Å². The summed E-state index contributed by atoms with van der Waals surface area (Å²) in [5, 5.41) is 15.8. The number of thioether (sulfide) groups is 1. The van der Waals surface area contributed by atoms with Crippen LogP contribution in [0.25, 0.3) is 0 Å². The van der Waals surface area contributed by atoms with Crippen molar-refractivity contribution in [3.05, 3.63) is 0 Å². The largest absolute Gasteiger partial charge is 0.480 e. The Morgan fingerprint density at radius 1 is 1.04 bits per heavy atom. The lowest BCUT2D eigenvalue weighted by Gasteiger charge is -2.01. The Hall–Kier alpha value is -0.230. The number of nitrogens with two attached hydrogens (primary N) is 2. The maximum atomic E-state index is 10.3. The lowest BCUT2D eigenvalue weighted by molar-refractivity contribution is -0.138. The minimum absolute atomic E-state index is 0. The fourth-order valence-electron chi connectivity index (χ4n) is 0.357. The summed E-state index contributed by atoms with van der Waals surface area (Å²) in [6, 6.07) is -1.75. The van der Waals surface area contributed by atoms with Crippen molar-refractivity contribution in [3.63, 3.8) is 0 Å². The molecule has 8 nitrogen and oxygen atoms in total. The Balaban J connectivity index is -0.0000000516. The minimum Gasteiger partial charge on any atom is -0.480 e. The predicted molar refractivity (Wildman–Crippen MR) is 106 cm³/mol. The van der Waals surface area contributed by atoms with Crippen LogP contribution in [0.1, 0.15) is 21.3 Å². The second kappa shape index (κ2) is 25.0. The van der Waals surface area contributed by atoms with E-state index in [9.17, 15) is 19.2 Å². The Bertz CT molecular complexity index is 361. The van der Waals surface area contributed by atoms with E-state index in [-0.39, 0.29) is 54.1 Å². The molecule has 0 saturated carbocycles. The molecule has 0 aromatic heterocycles. The van der Waals surface area contributed by atoms with Crippen molar-refractivity contribution in [2.45, 2.75) is 33.4 Å². The van der Waals surface area contributed by atoms with Crippen LogP contribution in [0.15, 0.2) is 0 Å². The zero-order valence-electron chi connectivity index (χ0n) is 12.3. The van der Waals surface area contributed by atoms with Gasteiger partial charge in [0.1, 0.15) is 12.1 Å². The molecule has 0 amide bonds. The maximum Gasteiger partial charge on any atom is 0.321 e. The van der Waals surface area contributed by atoms with E-state index in [2.05, 4.69) is 24.2 Å². The van der Waals surface area contributed by atoms with Crippen molar-refractivity contribution < 1.29 is 29.4 Å².